The SMILES string of the molecule is COC(=O)Cc1cccc(NC(=O)c2cc3c(OC)cc(OC)c(OC)c3[nH]2)c1. The van der Waals surface area contributed by atoms with Gasteiger partial charge in [0.25, 0.3) is 5.91 Å². The van der Waals surface area contributed by atoms with Gasteiger partial charge >= 0.3 is 5.97 Å². The van der Waals surface area contributed by atoms with Gasteiger partial charge in [0.15, 0.2) is 11.5 Å². The number of nitrogens with one attached hydrogen (secondary N) is 2. The molecule has 0 fully saturated rings. The fourth-order valence-electron chi connectivity index (χ4n) is 3.06. The lowest BCUT2D eigenvalue weighted by atomic mass is 10.1. The summed E-state index contributed by atoms with van der Waals surface area (Å²) in [6.07, 6.45) is 0.126. The van der Waals surface area contributed by atoms with Crippen LogP contribution in [0.2, 0.25) is 0 Å². The predicted octanol–water partition coefficient (Wildman–Crippen LogP) is 3.16. The first-order valence-electron chi connectivity index (χ1n) is 8.79. The van der Waals surface area contributed by atoms with E-state index < -0.39 is 0 Å². The van der Waals surface area contributed by atoms with Crippen molar-refractivity contribution in [3.8, 4) is 17.2 Å². The fraction of sp³-hybridized carbons (Fsp3) is 0.238. The van der Waals surface area contributed by atoms with Crippen molar-refractivity contribution < 1.29 is 28.5 Å². The molecule has 29 heavy (non-hydrogen) atoms. The van der Waals surface area contributed by atoms with E-state index in [1.807, 2.05) is 0 Å². The van der Waals surface area contributed by atoms with Crippen LogP contribution in [0.5, 0.6) is 17.2 Å². The van der Waals surface area contributed by atoms with Gasteiger partial charge in [-0.2, -0.15) is 0 Å². The Bertz CT molecular complexity index is 1060. The third-order valence-corrected chi connectivity index (χ3v) is 4.45. The quantitative estimate of drug-likeness (QED) is 0.593. The Morgan fingerprint density at radius 2 is 1.72 bits per heavy atom. The number of aromatic nitrogens is 1. The number of carbonyl (C=O) groups excluding carboxylic acids is 2. The number of benzene rings is 2. The molecule has 0 aliphatic carbocycles. The molecule has 0 saturated heterocycles. The highest BCUT2D eigenvalue weighted by Crippen LogP contribution is 2.41. The second-order valence-electron chi connectivity index (χ2n) is 6.19. The van der Waals surface area contributed by atoms with Crippen LogP contribution in [0.25, 0.3) is 10.9 Å². The van der Waals surface area contributed by atoms with E-state index in [9.17, 15) is 9.59 Å². The van der Waals surface area contributed by atoms with E-state index in [2.05, 4.69) is 15.0 Å². The van der Waals surface area contributed by atoms with Crippen molar-refractivity contribution in [2.45, 2.75) is 6.42 Å². The minimum Gasteiger partial charge on any atom is -0.496 e. The van der Waals surface area contributed by atoms with Crippen molar-refractivity contribution in [1.29, 1.82) is 0 Å². The summed E-state index contributed by atoms with van der Waals surface area (Å²) in [5.74, 6) is 0.813. The zero-order valence-electron chi connectivity index (χ0n) is 16.6. The predicted molar refractivity (Wildman–Crippen MR) is 108 cm³/mol. The maximum Gasteiger partial charge on any atom is 0.309 e. The fourth-order valence-corrected chi connectivity index (χ4v) is 3.06. The Hall–Kier alpha value is -3.68. The number of anilines is 1. The van der Waals surface area contributed by atoms with Crippen molar-refractivity contribution in [3.63, 3.8) is 0 Å². The highest BCUT2D eigenvalue weighted by atomic mass is 16.5. The first-order chi connectivity index (χ1) is 14.0. The number of esters is 1. The molecular weight excluding hydrogens is 376 g/mol. The standard InChI is InChI=1S/C21H22N2O6/c1-26-16-11-17(27-2)20(29-4)19-14(16)10-15(23-19)21(25)22-13-7-5-6-12(8-13)9-18(24)28-3/h5-8,10-11,23H,9H2,1-4H3,(H,22,25). The summed E-state index contributed by atoms with van der Waals surface area (Å²) in [5, 5.41) is 3.51. The molecule has 0 aliphatic heterocycles. The normalized spacial score (nSPS) is 10.5. The van der Waals surface area contributed by atoms with Crippen LogP contribution in [0, 0.1) is 0 Å². The number of methoxy groups -OCH3 is 4. The summed E-state index contributed by atoms with van der Waals surface area (Å²) in [4.78, 5) is 27.3. The van der Waals surface area contributed by atoms with Crippen LogP contribution >= 0.6 is 0 Å². The first-order valence-corrected chi connectivity index (χ1v) is 8.79. The van der Waals surface area contributed by atoms with Crippen molar-refractivity contribution in [3.05, 3.63) is 47.7 Å². The topological polar surface area (TPSA) is 98.9 Å². The largest absolute Gasteiger partial charge is 0.496 e. The summed E-state index contributed by atoms with van der Waals surface area (Å²) >= 11 is 0. The molecule has 1 aromatic heterocycles. The van der Waals surface area contributed by atoms with Gasteiger partial charge in [-0.25, -0.2) is 0 Å². The molecule has 152 valence electrons. The molecule has 0 atom stereocenters. The third-order valence-electron chi connectivity index (χ3n) is 4.45. The highest BCUT2D eigenvalue weighted by molar-refractivity contribution is 6.08. The van der Waals surface area contributed by atoms with Gasteiger partial charge in [0.05, 0.1) is 40.4 Å². The monoisotopic (exact) mass is 398 g/mol. The van der Waals surface area contributed by atoms with Crippen molar-refractivity contribution in [1.82, 2.24) is 4.98 Å². The molecular formula is C21H22N2O6. The molecule has 3 rings (SSSR count). The zero-order chi connectivity index (χ0) is 21.0. The second-order valence-corrected chi connectivity index (χ2v) is 6.19. The molecule has 0 bridgehead atoms. The van der Waals surface area contributed by atoms with Crippen LogP contribution < -0.4 is 19.5 Å². The number of amides is 1. The van der Waals surface area contributed by atoms with Gasteiger partial charge < -0.3 is 29.2 Å². The van der Waals surface area contributed by atoms with Crippen molar-refractivity contribution >= 4 is 28.5 Å². The average Bonchev–Trinajstić information content (AvgIpc) is 3.18. The molecule has 2 aromatic carbocycles. The number of aromatic amines is 1. The molecule has 1 amide bonds. The Morgan fingerprint density at radius 3 is 2.38 bits per heavy atom. The Labute approximate surface area is 167 Å². The third kappa shape index (κ3) is 4.11. The molecule has 0 spiro atoms. The maximum absolute atomic E-state index is 12.8. The Balaban J connectivity index is 1.92. The minimum atomic E-state index is -0.350. The number of fused-ring (bicyclic) bond motifs is 1. The van der Waals surface area contributed by atoms with E-state index in [0.29, 0.717) is 39.5 Å². The molecule has 2 N–H and O–H groups in total. The number of H-pyrrole nitrogens is 1. The molecule has 0 unspecified atom stereocenters. The summed E-state index contributed by atoms with van der Waals surface area (Å²) in [7, 11) is 5.93. The molecule has 8 heteroatoms. The number of hydrogen-bond acceptors (Lipinski definition) is 6. The van der Waals surface area contributed by atoms with Crippen molar-refractivity contribution in [2.24, 2.45) is 0 Å². The lowest BCUT2D eigenvalue weighted by Gasteiger charge is -2.11. The summed E-state index contributed by atoms with van der Waals surface area (Å²) in [6, 6.07) is 10.4. The molecule has 0 radical (unpaired) electrons. The Kier molecular flexibility index (Phi) is 5.92. The van der Waals surface area contributed by atoms with Crippen LogP contribution in [-0.4, -0.2) is 45.3 Å². The van der Waals surface area contributed by atoms with Crippen LogP contribution in [0.3, 0.4) is 0 Å². The summed E-state index contributed by atoms with van der Waals surface area (Å²) in [6.45, 7) is 0. The van der Waals surface area contributed by atoms with Crippen LogP contribution in [0.15, 0.2) is 36.4 Å². The van der Waals surface area contributed by atoms with Gasteiger partial charge in [-0.1, -0.05) is 12.1 Å². The van der Waals surface area contributed by atoms with E-state index >= 15 is 0 Å². The van der Waals surface area contributed by atoms with Crippen LogP contribution in [-0.2, 0) is 16.0 Å². The van der Waals surface area contributed by atoms with E-state index in [1.165, 1.54) is 21.3 Å². The molecule has 8 nitrogen and oxygen atoms in total. The van der Waals surface area contributed by atoms with E-state index in [-0.39, 0.29) is 18.3 Å². The summed E-state index contributed by atoms with van der Waals surface area (Å²) in [5.41, 5.74) is 2.21. The van der Waals surface area contributed by atoms with Gasteiger partial charge in [-0.15, -0.1) is 0 Å². The van der Waals surface area contributed by atoms with Gasteiger partial charge in [0.1, 0.15) is 11.4 Å². The molecule has 0 aliphatic rings. The number of ether oxygens (including phenoxy) is 4. The first kappa shape index (κ1) is 20.1. The molecule has 1 heterocycles. The number of carbonyl (C=O) groups is 2. The highest BCUT2D eigenvalue weighted by Gasteiger charge is 2.19. The van der Waals surface area contributed by atoms with Gasteiger partial charge in [-0.05, 0) is 23.8 Å². The van der Waals surface area contributed by atoms with E-state index in [0.717, 1.165) is 5.56 Å². The maximum atomic E-state index is 12.8. The van der Waals surface area contributed by atoms with E-state index in [1.54, 1.807) is 43.5 Å². The minimum absolute atomic E-state index is 0.126. The zero-order valence-corrected chi connectivity index (χ0v) is 16.6. The molecule has 0 saturated carbocycles. The number of hydrogen-bond donors (Lipinski definition) is 2. The second kappa shape index (κ2) is 8.55. The van der Waals surface area contributed by atoms with Gasteiger partial charge in [0.2, 0.25) is 0 Å². The lowest BCUT2D eigenvalue weighted by Crippen LogP contribution is -2.12. The van der Waals surface area contributed by atoms with E-state index in [4.69, 9.17) is 14.2 Å². The Morgan fingerprint density at radius 1 is 0.966 bits per heavy atom. The van der Waals surface area contributed by atoms with Crippen LogP contribution in [0.4, 0.5) is 5.69 Å². The van der Waals surface area contributed by atoms with Gasteiger partial charge in [-0.3, -0.25) is 9.59 Å². The lowest BCUT2D eigenvalue weighted by molar-refractivity contribution is -0.139. The van der Waals surface area contributed by atoms with Gasteiger partial charge in [0, 0.05) is 17.1 Å². The average molecular weight is 398 g/mol. The number of rotatable bonds is 7. The molecule has 3 aromatic rings. The smallest absolute Gasteiger partial charge is 0.309 e. The summed E-state index contributed by atoms with van der Waals surface area (Å²) < 4.78 is 20.9. The van der Waals surface area contributed by atoms with Crippen LogP contribution in [0.1, 0.15) is 16.1 Å². The van der Waals surface area contributed by atoms with Crippen molar-refractivity contribution in [2.75, 3.05) is 33.8 Å².